The number of halogens is 1. The lowest BCUT2D eigenvalue weighted by atomic mass is 9.98. The van der Waals surface area contributed by atoms with Crippen LogP contribution >= 0.6 is 24.0 Å². The first kappa shape index (κ1) is 23.0. The molecular weight excluding hydrogens is 461 g/mol. The number of nitrogens with zero attached hydrogens (tertiary/aromatic N) is 3. The molecule has 0 saturated carbocycles. The fourth-order valence-corrected chi connectivity index (χ4v) is 3.94. The lowest BCUT2D eigenvalue weighted by Crippen LogP contribution is -2.40. The van der Waals surface area contributed by atoms with Crippen LogP contribution in [0.5, 0.6) is 0 Å². The quantitative estimate of drug-likeness (QED) is 0.252. The second kappa shape index (κ2) is 12.3. The number of piperidine rings is 1. The molecule has 0 spiro atoms. The van der Waals surface area contributed by atoms with E-state index in [4.69, 9.17) is 4.99 Å². The van der Waals surface area contributed by atoms with Crippen LogP contribution < -0.4 is 10.6 Å². The number of aliphatic imine (C=N–C) groups is 1. The first-order chi connectivity index (χ1) is 13.3. The highest BCUT2D eigenvalue weighted by atomic mass is 127. The zero-order valence-electron chi connectivity index (χ0n) is 17.4. The number of likely N-dealkylation sites (tertiary alicyclic amines) is 1. The van der Waals surface area contributed by atoms with Crippen LogP contribution in [0.25, 0.3) is 10.9 Å². The van der Waals surface area contributed by atoms with Crippen molar-refractivity contribution < 1.29 is 0 Å². The highest BCUT2D eigenvalue weighted by Gasteiger charge is 2.18. The summed E-state index contributed by atoms with van der Waals surface area (Å²) in [6.45, 7) is 11.8. The molecule has 1 fully saturated rings. The first-order valence-corrected chi connectivity index (χ1v) is 10.6. The van der Waals surface area contributed by atoms with Crippen molar-refractivity contribution >= 4 is 40.8 Å². The van der Waals surface area contributed by atoms with Gasteiger partial charge in [-0.05, 0) is 62.7 Å². The second-order valence-electron chi connectivity index (χ2n) is 7.47. The predicted molar refractivity (Wildman–Crippen MR) is 131 cm³/mol. The summed E-state index contributed by atoms with van der Waals surface area (Å²) in [4.78, 5) is 7.40. The maximum Gasteiger partial charge on any atom is 0.191 e. The highest BCUT2D eigenvalue weighted by Crippen LogP contribution is 2.16. The van der Waals surface area contributed by atoms with E-state index < -0.39 is 0 Å². The van der Waals surface area contributed by atoms with Crippen molar-refractivity contribution in [2.45, 2.75) is 39.7 Å². The average Bonchev–Trinajstić information content (AvgIpc) is 3.12. The molecule has 1 aromatic carbocycles. The lowest BCUT2D eigenvalue weighted by molar-refractivity contribution is 0.186. The zero-order valence-corrected chi connectivity index (χ0v) is 19.7. The van der Waals surface area contributed by atoms with Gasteiger partial charge in [-0.2, -0.15) is 0 Å². The number of guanidine groups is 1. The average molecular weight is 497 g/mol. The second-order valence-corrected chi connectivity index (χ2v) is 7.47. The van der Waals surface area contributed by atoms with E-state index >= 15 is 0 Å². The smallest absolute Gasteiger partial charge is 0.191 e. The molecule has 1 unspecified atom stereocenters. The molecule has 1 aliphatic rings. The number of hydrogen-bond donors (Lipinski definition) is 2. The first-order valence-electron chi connectivity index (χ1n) is 10.6. The van der Waals surface area contributed by atoms with Gasteiger partial charge < -0.3 is 20.1 Å². The van der Waals surface area contributed by atoms with Crippen molar-refractivity contribution in [2.24, 2.45) is 10.9 Å². The van der Waals surface area contributed by atoms with E-state index in [1.807, 2.05) is 0 Å². The van der Waals surface area contributed by atoms with Crippen molar-refractivity contribution in [3.63, 3.8) is 0 Å². The number of benzene rings is 1. The number of fused-ring (bicyclic) bond motifs is 1. The van der Waals surface area contributed by atoms with Gasteiger partial charge in [0.15, 0.2) is 5.96 Å². The molecule has 3 rings (SSSR count). The molecule has 28 heavy (non-hydrogen) atoms. The molecule has 2 heterocycles. The fourth-order valence-electron chi connectivity index (χ4n) is 3.94. The van der Waals surface area contributed by atoms with Gasteiger partial charge in [-0.25, -0.2) is 0 Å². The minimum Gasteiger partial charge on any atom is -0.357 e. The Balaban J connectivity index is 0.00000280. The molecule has 0 aliphatic carbocycles. The van der Waals surface area contributed by atoms with Crippen LogP contribution in [0.2, 0.25) is 0 Å². The standard InChI is InChI=1S/C22H35N5.HI/c1-3-23-22(25-17-19-9-7-14-26(4-2)18-19)24-13-8-15-27-16-12-20-10-5-6-11-21(20)27;/h5-6,10-12,16,19H,3-4,7-9,13-15,17-18H2,1-2H3,(H2,23,24,25);1H. The normalized spacial score (nSPS) is 18.1. The maximum absolute atomic E-state index is 4.85. The summed E-state index contributed by atoms with van der Waals surface area (Å²) >= 11 is 0. The van der Waals surface area contributed by atoms with Crippen LogP contribution in [-0.2, 0) is 6.54 Å². The van der Waals surface area contributed by atoms with Gasteiger partial charge >= 0.3 is 0 Å². The number of rotatable bonds is 8. The third kappa shape index (κ3) is 6.65. The third-order valence-electron chi connectivity index (χ3n) is 5.45. The van der Waals surface area contributed by atoms with Gasteiger partial charge in [0.2, 0.25) is 0 Å². The molecule has 0 bridgehead atoms. The van der Waals surface area contributed by atoms with Crippen molar-refractivity contribution in [1.29, 1.82) is 0 Å². The van der Waals surface area contributed by atoms with Crippen LogP contribution in [0, 0.1) is 5.92 Å². The van der Waals surface area contributed by atoms with E-state index in [0.29, 0.717) is 5.92 Å². The minimum absolute atomic E-state index is 0. The van der Waals surface area contributed by atoms with E-state index in [1.54, 1.807) is 0 Å². The van der Waals surface area contributed by atoms with Crippen LogP contribution in [0.15, 0.2) is 41.5 Å². The Hall–Kier alpha value is -1.28. The lowest BCUT2D eigenvalue weighted by Gasteiger charge is -2.31. The summed E-state index contributed by atoms with van der Waals surface area (Å²) in [5.74, 6) is 1.66. The van der Waals surface area contributed by atoms with Crippen LogP contribution in [-0.4, -0.2) is 54.7 Å². The third-order valence-corrected chi connectivity index (χ3v) is 5.45. The fraction of sp³-hybridized carbons (Fsp3) is 0.591. The molecule has 0 amide bonds. The number of nitrogens with one attached hydrogen (secondary N) is 2. The van der Waals surface area contributed by atoms with Gasteiger partial charge in [0, 0.05) is 44.4 Å². The van der Waals surface area contributed by atoms with E-state index in [2.05, 4.69) is 70.5 Å². The van der Waals surface area contributed by atoms with Gasteiger partial charge in [-0.1, -0.05) is 25.1 Å². The number of hydrogen-bond acceptors (Lipinski definition) is 2. The monoisotopic (exact) mass is 497 g/mol. The molecule has 1 aromatic heterocycles. The highest BCUT2D eigenvalue weighted by molar-refractivity contribution is 14.0. The largest absolute Gasteiger partial charge is 0.357 e. The Kier molecular flexibility index (Phi) is 10.1. The molecule has 2 aromatic rings. The molecule has 1 saturated heterocycles. The molecule has 156 valence electrons. The van der Waals surface area contributed by atoms with Gasteiger partial charge in [0.05, 0.1) is 0 Å². The predicted octanol–water partition coefficient (Wildman–Crippen LogP) is 3.94. The molecule has 5 nitrogen and oxygen atoms in total. The van der Waals surface area contributed by atoms with Gasteiger partial charge in [-0.15, -0.1) is 24.0 Å². The van der Waals surface area contributed by atoms with Gasteiger partial charge in [-0.3, -0.25) is 4.99 Å². The Morgan fingerprint density at radius 3 is 2.86 bits per heavy atom. The molecule has 1 aliphatic heterocycles. The Morgan fingerprint density at radius 1 is 1.18 bits per heavy atom. The van der Waals surface area contributed by atoms with E-state index in [-0.39, 0.29) is 24.0 Å². The van der Waals surface area contributed by atoms with Crippen molar-refractivity contribution in [3.8, 4) is 0 Å². The summed E-state index contributed by atoms with van der Waals surface area (Å²) in [5.41, 5.74) is 1.32. The van der Waals surface area contributed by atoms with Crippen molar-refractivity contribution in [2.75, 3.05) is 39.3 Å². The molecule has 6 heteroatoms. The Bertz CT molecular complexity index is 727. The topological polar surface area (TPSA) is 44.6 Å². The Labute approximate surface area is 187 Å². The van der Waals surface area contributed by atoms with E-state index in [1.165, 1.54) is 36.8 Å². The number of aryl methyl sites for hydroxylation is 1. The molecule has 2 N–H and O–H groups in total. The zero-order chi connectivity index (χ0) is 18.9. The summed E-state index contributed by atoms with van der Waals surface area (Å²) in [7, 11) is 0. The van der Waals surface area contributed by atoms with Crippen molar-refractivity contribution in [1.82, 2.24) is 20.1 Å². The van der Waals surface area contributed by atoms with Gasteiger partial charge in [0.25, 0.3) is 0 Å². The summed E-state index contributed by atoms with van der Waals surface area (Å²) in [5, 5.41) is 8.21. The summed E-state index contributed by atoms with van der Waals surface area (Å²) in [6.07, 6.45) is 5.88. The SMILES string of the molecule is CCNC(=NCC1CCCN(CC)C1)NCCCn1ccc2ccccc21.I. The number of para-hydroxylation sites is 1. The number of aromatic nitrogens is 1. The Morgan fingerprint density at radius 2 is 2.04 bits per heavy atom. The van der Waals surface area contributed by atoms with E-state index in [0.717, 1.165) is 45.1 Å². The summed E-state index contributed by atoms with van der Waals surface area (Å²) < 4.78 is 2.34. The maximum atomic E-state index is 4.85. The van der Waals surface area contributed by atoms with Crippen LogP contribution in [0.1, 0.15) is 33.1 Å². The molecule has 1 atom stereocenters. The van der Waals surface area contributed by atoms with Crippen LogP contribution in [0.4, 0.5) is 0 Å². The van der Waals surface area contributed by atoms with Crippen molar-refractivity contribution in [3.05, 3.63) is 36.5 Å². The molecular formula is C22H36IN5. The summed E-state index contributed by atoms with van der Waals surface area (Å²) in [6, 6.07) is 10.8. The van der Waals surface area contributed by atoms with Crippen LogP contribution in [0.3, 0.4) is 0 Å². The van der Waals surface area contributed by atoms with E-state index in [9.17, 15) is 0 Å². The van der Waals surface area contributed by atoms with Gasteiger partial charge in [0.1, 0.15) is 0 Å². The minimum atomic E-state index is 0. The molecule has 0 radical (unpaired) electrons.